The summed E-state index contributed by atoms with van der Waals surface area (Å²) in [5.41, 5.74) is 1.64. The van der Waals surface area contributed by atoms with Crippen LogP contribution in [-0.4, -0.2) is 41.8 Å². The van der Waals surface area contributed by atoms with Crippen LogP contribution in [0, 0.1) is 0 Å². The number of sulfonamides is 1. The quantitative estimate of drug-likeness (QED) is 0.735. The maximum atomic E-state index is 12.4. The summed E-state index contributed by atoms with van der Waals surface area (Å²) in [6.45, 7) is 3.36. The van der Waals surface area contributed by atoms with E-state index in [1.807, 2.05) is 0 Å². The summed E-state index contributed by atoms with van der Waals surface area (Å²) in [4.78, 5) is 12.7. The molecule has 0 aliphatic rings. The fourth-order valence-electron chi connectivity index (χ4n) is 2.54. The summed E-state index contributed by atoms with van der Waals surface area (Å²) in [5.74, 6) is -0.325. The van der Waals surface area contributed by atoms with Gasteiger partial charge in [0.25, 0.3) is 5.91 Å². The summed E-state index contributed by atoms with van der Waals surface area (Å²) in [6, 6.07) is 12.3. The molecule has 1 N–H and O–H groups in total. The molecule has 0 saturated carbocycles. The Morgan fingerprint density at radius 2 is 1.54 bits per heavy atom. The van der Waals surface area contributed by atoms with Gasteiger partial charge in [0.2, 0.25) is 10.0 Å². The molecule has 1 unspecified atom stereocenters. The van der Waals surface area contributed by atoms with Crippen LogP contribution in [-0.2, 0) is 19.9 Å². The van der Waals surface area contributed by atoms with Gasteiger partial charge in [-0.25, -0.2) is 16.8 Å². The molecule has 0 aromatic heterocycles. The van der Waals surface area contributed by atoms with Gasteiger partial charge in [-0.1, -0.05) is 12.1 Å². The normalized spacial score (nSPS) is 13.0. The third-order valence-electron chi connectivity index (χ3n) is 4.43. The largest absolute Gasteiger partial charge is 0.346 e. The van der Waals surface area contributed by atoms with Gasteiger partial charge in [-0.15, -0.1) is 0 Å². The van der Waals surface area contributed by atoms with E-state index in [4.69, 9.17) is 0 Å². The second kappa shape index (κ2) is 8.32. The van der Waals surface area contributed by atoms with Crippen molar-refractivity contribution in [3.05, 3.63) is 59.7 Å². The predicted molar refractivity (Wildman–Crippen MR) is 110 cm³/mol. The SMILES string of the molecule is CCS(=O)(=O)N(C)c1ccc(C(=O)NC(C)c2ccc(S(C)(=O)=O)cc2)cc1. The van der Waals surface area contributed by atoms with E-state index in [1.165, 1.54) is 23.5 Å². The molecule has 0 aliphatic heterocycles. The maximum absolute atomic E-state index is 12.4. The van der Waals surface area contributed by atoms with Gasteiger partial charge < -0.3 is 5.32 Å². The number of nitrogens with zero attached hydrogens (tertiary/aromatic N) is 1. The van der Waals surface area contributed by atoms with Crippen molar-refractivity contribution in [2.45, 2.75) is 24.8 Å². The zero-order valence-electron chi connectivity index (χ0n) is 16.2. The van der Waals surface area contributed by atoms with Gasteiger partial charge in [0.05, 0.1) is 22.4 Å². The Hall–Kier alpha value is -2.39. The molecule has 2 aromatic carbocycles. The van der Waals surface area contributed by atoms with Gasteiger partial charge in [0.1, 0.15) is 0 Å². The number of hydrogen-bond donors (Lipinski definition) is 1. The highest BCUT2D eigenvalue weighted by molar-refractivity contribution is 7.92. The Morgan fingerprint density at radius 3 is 2.00 bits per heavy atom. The number of sulfone groups is 1. The molecule has 28 heavy (non-hydrogen) atoms. The molecule has 0 bridgehead atoms. The molecule has 0 spiro atoms. The molecule has 0 heterocycles. The second-order valence-corrected chi connectivity index (χ2v) is 10.8. The van der Waals surface area contributed by atoms with E-state index in [-0.39, 0.29) is 22.6 Å². The molecule has 2 rings (SSSR count). The van der Waals surface area contributed by atoms with E-state index in [1.54, 1.807) is 50.2 Å². The fourth-order valence-corrected chi connectivity index (χ4v) is 4.00. The number of nitrogens with one attached hydrogen (secondary N) is 1. The molecule has 2 aromatic rings. The van der Waals surface area contributed by atoms with E-state index < -0.39 is 19.9 Å². The first-order valence-electron chi connectivity index (χ1n) is 8.63. The topological polar surface area (TPSA) is 101 Å². The third kappa shape index (κ3) is 5.11. The van der Waals surface area contributed by atoms with Gasteiger partial charge in [-0.05, 0) is 55.8 Å². The van der Waals surface area contributed by atoms with Crippen LogP contribution < -0.4 is 9.62 Å². The third-order valence-corrected chi connectivity index (χ3v) is 7.33. The minimum Gasteiger partial charge on any atom is -0.346 e. The highest BCUT2D eigenvalue weighted by Gasteiger charge is 2.17. The maximum Gasteiger partial charge on any atom is 0.251 e. The van der Waals surface area contributed by atoms with Crippen molar-refractivity contribution in [2.24, 2.45) is 0 Å². The van der Waals surface area contributed by atoms with E-state index in [9.17, 15) is 21.6 Å². The molecule has 1 atom stereocenters. The van der Waals surface area contributed by atoms with E-state index in [2.05, 4.69) is 5.32 Å². The van der Waals surface area contributed by atoms with Gasteiger partial charge in [0, 0.05) is 18.9 Å². The van der Waals surface area contributed by atoms with Gasteiger partial charge in [0.15, 0.2) is 9.84 Å². The Balaban J connectivity index is 2.10. The summed E-state index contributed by atoms with van der Waals surface area (Å²) in [5, 5.41) is 2.84. The molecule has 7 nitrogen and oxygen atoms in total. The first-order chi connectivity index (χ1) is 13.0. The van der Waals surface area contributed by atoms with E-state index in [0.29, 0.717) is 11.3 Å². The molecule has 1 amide bonds. The smallest absolute Gasteiger partial charge is 0.251 e. The van der Waals surface area contributed by atoms with Crippen LogP contribution >= 0.6 is 0 Å². The van der Waals surface area contributed by atoms with Crippen molar-refractivity contribution in [1.82, 2.24) is 5.32 Å². The zero-order valence-corrected chi connectivity index (χ0v) is 17.8. The first kappa shape index (κ1) is 21.9. The van der Waals surface area contributed by atoms with Crippen LogP contribution in [0.1, 0.15) is 35.8 Å². The Labute approximate surface area is 166 Å². The number of amides is 1. The van der Waals surface area contributed by atoms with Crippen LogP contribution in [0.5, 0.6) is 0 Å². The monoisotopic (exact) mass is 424 g/mol. The molecular formula is C19H24N2O5S2. The number of rotatable bonds is 7. The van der Waals surface area contributed by atoms with Crippen molar-refractivity contribution in [2.75, 3.05) is 23.4 Å². The van der Waals surface area contributed by atoms with Crippen molar-refractivity contribution in [3.8, 4) is 0 Å². The molecule has 9 heteroatoms. The molecule has 0 saturated heterocycles. The molecule has 152 valence electrons. The Bertz CT molecular complexity index is 1040. The lowest BCUT2D eigenvalue weighted by Gasteiger charge is -2.19. The Morgan fingerprint density at radius 1 is 1.00 bits per heavy atom. The van der Waals surface area contributed by atoms with Crippen molar-refractivity contribution < 1.29 is 21.6 Å². The van der Waals surface area contributed by atoms with Crippen molar-refractivity contribution in [1.29, 1.82) is 0 Å². The Kier molecular flexibility index (Phi) is 6.51. The zero-order chi connectivity index (χ0) is 21.1. The number of anilines is 1. The lowest BCUT2D eigenvalue weighted by Crippen LogP contribution is -2.28. The van der Waals surface area contributed by atoms with Gasteiger partial charge in [-0.3, -0.25) is 9.10 Å². The van der Waals surface area contributed by atoms with E-state index in [0.717, 1.165) is 11.8 Å². The number of benzene rings is 2. The minimum atomic E-state index is -3.36. The lowest BCUT2D eigenvalue weighted by molar-refractivity contribution is 0.0940. The predicted octanol–water partition coefficient (Wildman–Crippen LogP) is 2.37. The molecule has 0 fully saturated rings. The van der Waals surface area contributed by atoms with Crippen LogP contribution in [0.15, 0.2) is 53.4 Å². The average Bonchev–Trinajstić information content (AvgIpc) is 2.66. The molecular weight excluding hydrogens is 400 g/mol. The number of hydrogen-bond acceptors (Lipinski definition) is 5. The first-order valence-corrected chi connectivity index (χ1v) is 12.1. The highest BCUT2D eigenvalue weighted by atomic mass is 32.2. The molecule has 0 radical (unpaired) electrons. The highest BCUT2D eigenvalue weighted by Crippen LogP contribution is 2.19. The lowest BCUT2D eigenvalue weighted by atomic mass is 10.1. The van der Waals surface area contributed by atoms with Gasteiger partial charge >= 0.3 is 0 Å². The van der Waals surface area contributed by atoms with Crippen LogP contribution in [0.25, 0.3) is 0 Å². The molecule has 0 aliphatic carbocycles. The summed E-state index contributed by atoms with van der Waals surface area (Å²) < 4.78 is 48.1. The van der Waals surface area contributed by atoms with Crippen molar-refractivity contribution >= 4 is 31.5 Å². The van der Waals surface area contributed by atoms with Crippen LogP contribution in [0.2, 0.25) is 0 Å². The van der Waals surface area contributed by atoms with Crippen molar-refractivity contribution in [3.63, 3.8) is 0 Å². The number of carbonyl (C=O) groups is 1. The summed E-state index contributed by atoms with van der Waals surface area (Å²) >= 11 is 0. The van der Waals surface area contributed by atoms with Crippen LogP contribution in [0.4, 0.5) is 5.69 Å². The van der Waals surface area contributed by atoms with Gasteiger partial charge in [-0.2, -0.15) is 0 Å². The number of carbonyl (C=O) groups excluding carboxylic acids is 1. The van der Waals surface area contributed by atoms with Crippen LogP contribution in [0.3, 0.4) is 0 Å². The summed E-state index contributed by atoms with van der Waals surface area (Å²) in [7, 11) is -5.16. The summed E-state index contributed by atoms with van der Waals surface area (Å²) in [6.07, 6.45) is 1.14. The van der Waals surface area contributed by atoms with E-state index >= 15 is 0 Å². The average molecular weight is 425 g/mol. The second-order valence-electron chi connectivity index (χ2n) is 6.45. The minimum absolute atomic E-state index is 0.0125. The fraction of sp³-hybridized carbons (Fsp3) is 0.316. The standard InChI is InChI=1S/C19H24N2O5S2/c1-5-28(25,26)21(3)17-10-6-16(7-11-17)19(22)20-14(2)15-8-12-18(13-9-15)27(4,23)24/h6-14H,5H2,1-4H3,(H,20,22).